The Morgan fingerprint density at radius 2 is 1.86 bits per heavy atom. The van der Waals surface area contributed by atoms with Gasteiger partial charge in [-0.2, -0.15) is 0 Å². The summed E-state index contributed by atoms with van der Waals surface area (Å²) in [4.78, 5) is 0. The molecule has 0 aromatic heterocycles. The Bertz CT molecular complexity index is 261. The SMILES string of the molecule is C=C/C(C)=C(O)\C(=C/C)CC(C)(C)C. The van der Waals surface area contributed by atoms with Gasteiger partial charge in [0.15, 0.2) is 0 Å². The second kappa shape index (κ2) is 5.04. The third-order valence-electron chi connectivity index (χ3n) is 2.05. The van der Waals surface area contributed by atoms with Crippen molar-refractivity contribution in [2.45, 2.75) is 41.0 Å². The van der Waals surface area contributed by atoms with Gasteiger partial charge in [-0.15, -0.1) is 0 Å². The van der Waals surface area contributed by atoms with Crippen LogP contribution in [0.3, 0.4) is 0 Å². The van der Waals surface area contributed by atoms with Crippen molar-refractivity contribution in [1.82, 2.24) is 0 Å². The molecule has 0 radical (unpaired) electrons. The maximum absolute atomic E-state index is 9.88. The van der Waals surface area contributed by atoms with E-state index in [1.54, 1.807) is 6.08 Å². The van der Waals surface area contributed by atoms with Crippen molar-refractivity contribution in [2.24, 2.45) is 5.41 Å². The lowest BCUT2D eigenvalue weighted by molar-refractivity contribution is 0.368. The summed E-state index contributed by atoms with van der Waals surface area (Å²) < 4.78 is 0. The highest BCUT2D eigenvalue weighted by atomic mass is 16.3. The van der Waals surface area contributed by atoms with E-state index >= 15 is 0 Å². The minimum atomic E-state index is 0.192. The molecular formula is C13H22O. The first-order valence-electron chi connectivity index (χ1n) is 4.99. The van der Waals surface area contributed by atoms with E-state index in [-0.39, 0.29) is 5.41 Å². The smallest absolute Gasteiger partial charge is 0.121 e. The van der Waals surface area contributed by atoms with E-state index in [0.717, 1.165) is 17.6 Å². The number of rotatable bonds is 3. The summed E-state index contributed by atoms with van der Waals surface area (Å²) >= 11 is 0. The minimum absolute atomic E-state index is 0.192. The summed E-state index contributed by atoms with van der Waals surface area (Å²) in [6.45, 7) is 14.0. The molecule has 14 heavy (non-hydrogen) atoms. The average Bonchev–Trinajstić information content (AvgIpc) is 2.10. The van der Waals surface area contributed by atoms with E-state index in [4.69, 9.17) is 0 Å². The number of allylic oxidation sites excluding steroid dienone is 4. The molecule has 1 N–H and O–H groups in total. The van der Waals surface area contributed by atoms with E-state index in [1.807, 2.05) is 19.9 Å². The average molecular weight is 194 g/mol. The van der Waals surface area contributed by atoms with Gasteiger partial charge < -0.3 is 5.11 Å². The topological polar surface area (TPSA) is 20.2 Å². The Morgan fingerprint density at radius 3 is 2.14 bits per heavy atom. The fraction of sp³-hybridized carbons (Fsp3) is 0.538. The van der Waals surface area contributed by atoms with Gasteiger partial charge in [-0.3, -0.25) is 0 Å². The van der Waals surface area contributed by atoms with Gasteiger partial charge in [0.1, 0.15) is 5.76 Å². The third kappa shape index (κ3) is 4.31. The van der Waals surface area contributed by atoms with Crippen molar-refractivity contribution in [3.63, 3.8) is 0 Å². The highest BCUT2D eigenvalue weighted by Gasteiger charge is 2.15. The van der Waals surface area contributed by atoms with Crippen LogP contribution < -0.4 is 0 Å². The Hall–Kier alpha value is -0.980. The van der Waals surface area contributed by atoms with Crippen molar-refractivity contribution in [3.8, 4) is 0 Å². The molecule has 0 heterocycles. The van der Waals surface area contributed by atoms with Crippen molar-refractivity contribution < 1.29 is 5.11 Å². The first-order chi connectivity index (χ1) is 6.31. The molecule has 0 aromatic rings. The Balaban J connectivity index is 4.87. The van der Waals surface area contributed by atoms with Crippen molar-refractivity contribution in [1.29, 1.82) is 0 Å². The number of aliphatic hydroxyl groups excluding tert-OH is 1. The van der Waals surface area contributed by atoms with Gasteiger partial charge >= 0.3 is 0 Å². The molecule has 0 atom stereocenters. The number of aliphatic hydroxyl groups is 1. The van der Waals surface area contributed by atoms with Gasteiger partial charge in [-0.1, -0.05) is 39.5 Å². The molecule has 0 aliphatic heterocycles. The van der Waals surface area contributed by atoms with Crippen molar-refractivity contribution >= 4 is 0 Å². The largest absolute Gasteiger partial charge is 0.507 e. The van der Waals surface area contributed by atoms with Crippen LogP contribution in [0.1, 0.15) is 41.0 Å². The predicted octanol–water partition coefficient (Wildman–Crippen LogP) is 4.39. The molecule has 0 amide bonds. The zero-order valence-corrected chi connectivity index (χ0v) is 10.0. The summed E-state index contributed by atoms with van der Waals surface area (Å²) in [6.07, 6.45) is 4.52. The molecular weight excluding hydrogens is 172 g/mol. The van der Waals surface area contributed by atoms with Crippen molar-refractivity contribution in [2.75, 3.05) is 0 Å². The first kappa shape index (κ1) is 13.0. The van der Waals surface area contributed by atoms with E-state index in [1.165, 1.54) is 0 Å². The molecule has 0 aromatic carbocycles. The predicted molar refractivity (Wildman–Crippen MR) is 63.4 cm³/mol. The van der Waals surface area contributed by atoms with E-state index in [2.05, 4.69) is 27.4 Å². The van der Waals surface area contributed by atoms with E-state index < -0.39 is 0 Å². The molecule has 0 spiro atoms. The lowest BCUT2D eigenvalue weighted by Crippen LogP contribution is -2.08. The molecule has 0 fully saturated rings. The molecule has 0 saturated heterocycles. The van der Waals surface area contributed by atoms with Crippen LogP contribution >= 0.6 is 0 Å². The van der Waals surface area contributed by atoms with Gasteiger partial charge in [0.05, 0.1) is 0 Å². The molecule has 0 saturated carbocycles. The molecule has 1 heteroatoms. The molecule has 0 bridgehead atoms. The Kier molecular flexibility index (Phi) is 4.69. The van der Waals surface area contributed by atoms with Gasteiger partial charge in [0.2, 0.25) is 0 Å². The van der Waals surface area contributed by atoms with E-state index in [9.17, 15) is 5.11 Å². The highest BCUT2D eigenvalue weighted by Crippen LogP contribution is 2.28. The van der Waals surface area contributed by atoms with Crippen molar-refractivity contribution in [3.05, 3.63) is 35.6 Å². The van der Waals surface area contributed by atoms with Crippen LogP contribution in [0.25, 0.3) is 0 Å². The number of hydrogen-bond donors (Lipinski definition) is 1. The van der Waals surface area contributed by atoms with Crippen LogP contribution in [0.4, 0.5) is 0 Å². The quantitative estimate of drug-likeness (QED) is 0.522. The standard InChI is InChI=1S/C13H22O/c1-7-10(3)12(14)11(8-2)9-13(4,5)6/h7-8,14H,1,9H2,2-6H3/b11-8-,12-10+. The molecule has 0 aliphatic carbocycles. The molecule has 1 nitrogen and oxygen atoms in total. The summed E-state index contributed by atoms with van der Waals surface area (Å²) in [5, 5.41) is 9.88. The summed E-state index contributed by atoms with van der Waals surface area (Å²) in [6, 6.07) is 0. The second-order valence-corrected chi connectivity index (χ2v) is 4.79. The zero-order valence-electron chi connectivity index (χ0n) is 10.0. The minimum Gasteiger partial charge on any atom is -0.507 e. The monoisotopic (exact) mass is 194 g/mol. The summed E-state index contributed by atoms with van der Waals surface area (Å²) in [5.74, 6) is 0.373. The number of hydrogen-bond acceptors (Lipinski definition) is 1. The van der Waals surface area contributed by atoms with Gasteiger partial charge in [0.25, 0.3) is 0 Å². The maximum atomic E-state index is 9.88. The van der Waals surface area contributed by atoms with Crippen LogP contribution in [0.2, 0.25) is 0 Å². The van der Waals surface area contributed by atoms with Crippen LogP contribution in [-0.2, 0) is 0 Å². The first-order valence-corrected chi connectivity index (χ1v) is 4.99. The molecule has 0 unspecified atom stereocenters. The Labute approximate surface area is 87.8 Å². The van der Waals surface area contributed by atoms with Gasteiger partial charge in [0, 0.05) is 0 Å². The molecule has 0 aliphatic rings. The highest BCUT2D eigenvalue weighted by molar-refractivity contribution is 5.33. The summed E-state index contributed by atoms with van der Waals surface area (Å²) in [5.41, 5.74) is 2.02. The van der Waals surface area contributed by atoms with Crippen LogP contribution in [0.5, 0.6) is 0 Å². The molecule has 0 rings (SSSR count). The summed E-state index contributed by atoms with van der Waals surface area (Å²) in [7, 11) is 0. The third-order valence-corrected chi connectivity index (χ3v) is 2.05. The van der Waals surface area contributed by atoms with Crippen LogP contribution in [-0.4, -0.2) is 5.11 Å². The second-order valence-electron chi connectivity index (χ2n) is 4.79. The normalized spacial score (nSPS) is 15.1. The zero-order chi connectivity index (χ0) is 11.4. The van der Waals surface area contributed by atoms with Crippen LogP contribution in [0, 0.1) is 5.41 Å². The lowest BCUT2D eigenvalue weighted by Gasteiger charge is -2.20. The van der Waals surface area contributed by atoms with Crippen LogP contribution in [0.15, 0.2) is 35.6 Å². The van der Waals surface area contributed by atoms with Gasteiger partial charge in [-0.25, -0.2) is 0 Å². The fourth-order valence-electron chi connectivity index (χ4n) is 1.24. The fourth-order valence-corrected chi connectivity index (χ4v) is 1.24. The van der Waals surface area contributed by atoms with E-state index in [0.29, 0.717) is 5.76 Å². The van der Waals surface area contributed by atoms with Gasteiger partial charge in [-0.05, 0) is 36.8 Å². The Morgan fingerprint density at radius 1 is 1.36 bits per heavy atom. The lowest BCUT2D eigenvalue weighted by atomic mass is 9.86. The molecule has 80 valence electrons. The maximum Gasteiger partial charge on any atom is 0.121 e.